The maximum absolute atomic E-state index is 12.3. The summed E-state index contributed by atoms with van der Waals surface area (Å²) in [7, 11) is 0. The summed E-state index contributed by atoms with van der Waals surface area (Å²) in [4.78, 5) is 19.6. The van der Waals surface area contributed by atoms with Crippen molar-refractivity contribution in [3.63, 3.8) is 0 Å². The topological polar surface area (TPSA) is 45.2 Å². The van der Waals surface area contributed by atoms with Crippen LogP contribution in [0.15, 0.2) is 0 Å². The zero-order valence-electron chi connectivity index (χ0n) is 18.1. The first-order valence-corrected chi connectivity index (χ1v) is 11.4. The van der Waals surface area contributed by atoms with Crippen LogP contribution >= 0.6 is 0 Å². The largest absolute Gasteiger partial charge is 0.444 e. The van der Waals surface area contributed by atoms with E-state index in [1.807, 2.05) is 25.7 Å². The molecule has 1 atom stereocenters. The molecular weight excluding hydrogens is 354 g/mol. The molecule has 1 spiro atoms. The van der Waals surface area contributed by atoms with E-state index in [2.05, 4.69) is 9.80 Å². The van der Waals surface area contributed by atoms with E-state index < -0.39 is 5.60 Å². The Kier molecular flexibility index (Phi) is 5.92. The van der Waals surface area contributed by atoms with E-state index in [1.165, 1.54) is 51.9 Å². The summed E-state index contributed by atoms with van der Waals surface area (Å²) >= 11 is 0. The first-order chi connectivity index (χ1) is 13.3. The van der Waals surface area contributed by atoms with Gasteiger partial charge in [0, 0.05) is 38.3 Å². The molecule has 0 aromatic rings. The molecule has 0 radical (unpaired) electrons. The molecule has 4 fully saturated rings. The molecule has 4 heterocycles. The van der Waals surface area contributed by atoms with Crippen LogP contribution in [0.4, 0.5) is 4.79 Å². The van der Waals surface area contributed by atoms with Crippen LogP contribution in [-0.4, -0.2) is 90.0 Å². The molecule has 28 heavy (non-hydrogen) atoms. The van der Waals surface area contributed by atoms with Gasteiger partial charge in [0.25, 0.3) is 0 Å². The fraction of sp³-hybridized carbons (Fsp3) is 0.955. The van der Waals surface area contributed by atoms with Gasteiger partial charge in [-0.3, -0.25) is 4.90 Å². The van der Waals surface area contributed by atoms with Crippen LogP contribution in [-0.2, 0) is 9.47 Å². The highest BCUT2D eigenvalue weighted by Gasteiger charge is 2.46. The van der Waals surface area contributed by atoms with Crippen LogP contribution < -0.4 is 0 Å². The number of piperidine rings is 2. The molecule has 160 valence electrons. The Morgan fingerprint density at radius 1 is 0.929 bits per heavy atom. The van der Waals surface area contributed by atoms with Gasteiger partial charge in [-0.05, 0) is 78.8 Å². The summed E-state index contributed by atoms with van der Waals surface area (Å²) in [5.74, 6) is 0. The number of nitrogens with zero attached hydrogens (tertiary/aromatic N) is 3. The lowest BCUT2D eigenvalue weighted by atomic mass is 9.86. The van der Waals surface area contributed by atoms with Gasteiger partial charge in [0.1, 0.15) is 5.60 Å². The Balaban J connectivity index is 1.23. The van der Waals surface area contributed by atoms with E-state index in [1.54, 1.807) is 0 Å². The van der Waals surface area contributed by atoms with Gasteiger partial charge in [-0.1, -0.05) is 0 Å². The van der Waals surface area contributed by atoms with E-state index in [4.69, 9.17) is 9.47 Å². The highest BCUT2D eigenvalue weighted by Crippen LogP contribution is 2.38. The first kappa shape index (κ1) is 20.4. The van der Waals surface area contributed by atoms with Crippen molar-refractivity contribution in [2.45, 2.75) is 89.0 Å². The van der Waals surface area contributed by atoms with Crippen LogP contribution in [0, 0.1) is 0 Å². The molecule has 4 saturated heterocycles. The average molecular weight is 394 g/mol. The summed E-state index contributed by atoms with van der Waals surface area (Å²) in [6.45, 7) is 13.2. The highest BCUT2D eigenvalue weighted by atomic mass is 16.6. The molecule has 1 amide bonds. The molecule has 4 aliphatic heterocycles. The summed E-state index contributed by atoms with van der Waals surface area (Å²) < 4.78 is 11.9. The second-order valence-electron chi connectivity index (χ2n) is 10.3. The van der Waals surface area contributed by atoms with E-state index in [0.29, 0.717) is 6.04 Å². The molecule has 6 nitrogen and oxygen atoms in total. The van der Waals surface area contributed by atoms with Crippen molar-refractivity contribution in [1.29, 1.82) is 0 Å². The lowest BCUT2D eigenvalue weighted by Crippen LogP contribution is -2.49. The van der Waals surface area contributed by atoms with Crippen LogP contribution in [0.5, 0.6) is 0 Å². The zero-order chi connectivity index (χ0) is 19.8. The minimum absolute atomic E-state index is 0.0189. The van der Waals surface area contributed by atoms with Crippen molar-refractivity contribution in [3.05, 3.63) is 0 Å². The molecule has 0 bridgehead atoms. The number of likely N-dealkylation sites (tertiary alicyclic amines) is 3. The molecule has 6 heteroatoms. The van der Waals surface area contributed by atoms with E-state index in [0.717, 1.165) is 45.0 Å². The fourth-order valence-electron chi connectivity index (χ4n) is 5.55. The van der Waals surface area contributed by atoms with Crippen molar-refractivity contribution < 1.29 is 14.3 Å². The Hall–Kier alpha value is -0.850. The molecule has 0 aromatic heterocycles. The summed E-state index contributed by atoms with van der Waals surface area (Å²) in [5.41, 5.74) is -0.447. The van der Waals surface area contributed by atoms with Gasteiger partial charge < -0.3 is 19.3 Å². The zero-order valence-corrected chi connectivity index (χ0v) is 18.1. The fourth-order valence-corrected chi connectivity index (χ4v) is 5.55. The van der Waals surface area contributed by atoms with Crippen molar-refractivity contribution in [3.8, 4) is 0 Å². The normalized spacial score (nSPS) is 30.2. The van der Waals surface area contributed by atoms with Crippen molar-refractivity contribution in [2.24, 2.45) is 0 Å². The number of carbonyl (C=O) groups excluding carboxylic acids is 1. The molecule has 0 saturated carbocycles. The second-order valence-corrected chi connectivity index (χ2v) is 10.3. The number of carbonyl (C=O) groups is 1. The number of hydrogen-bond donors (Lipinski definition) is 0. The minimum Gasteiger partial charge on any atom is -0.444 e. The molecule has 4 rings (SSSR count). The Bertz CT molecular complexity index is 540. The second kappa shape index (κ2) is 8.11. The Morgan fingerprint density at radius 3 is 2.14 bits per heavy atom. The van der Waals surface area contributed by atoms with E-state index in [9.17, 15) is 4.79 Å². The van der Waals surface area contributed by atoms with Crippen LogP contribution in [0.2, 0.25) is 0 Å². The predicted octanol–water partition coefficient (Wildman–Crippen LogP) is 3.11. The summed E-state index contributed by atoms with van der Waals surface area (Å²) in [6, 6.07) is 1.37. The van der Waals surface area contributed by atoms with Gasteiger partial charge in [0.15, 0.2) is 0 Å². The quantitative estimate of drug-likeness (QED) is 0.721. The number of ether oxygens (including phenoxy) is 2. The molecule has 4 aliphatic rings. The molecule has 0 unspecified atom stereocenters. The molecular formula is C22H39N3O3. The van der Waals surface area contributed by atoms with Crippen molar-refractivity contribution in [2.75, 3.05) is 45.9 Å². The standard InChI is InChI=1S/C22H39N3O3/c1-21(2,3)28-20(26)25-14-8-22(9-15-25)16-19(17-27-22)24-12-6-18(7-13-24)23-10-4-5-11-23/h18-19H,4-17H2,1-3H3/t19-/m0/s1. The van der Waals surface area contributed by atoms with Gasteiger partial charge in [0.05, 0.1) is 12.2 Å². The number of rotatable bonds is 2. The van der Waals surface area contributed by atoms with Crippen LogP contribution in [0.1, 0.15) is 65.7 Å². The third kappa shape index (κ3) is 4.65. The van der Waals surface area contributed by atoms with Gasteiger partial charge in [-0.2, -0.15) is 0 Å². The maximum atomic E-state index is 12.3. The Labute approximate surface area is 170 Å². The molecule has 0 aliphatic carbocycles. The van der Waals surface area contributed by atoms with Crippen LogP contribution in [0.25, 0.3) is 0 Å². The monoisotopic (exact) mass is 393 g/mol. The van der Waals surface area contributed by atoms with E-state index >= 15 is 0 Å². The molecule has 0 aromatic carbocycles. The summed E-state index contributed by atoms with van der Waals surface area (Å²) in [5, 5.41) is 0. The number of amides is 1. The van der Waals surface area contributed by atoms with Gasteiger partial charge in [0.2, 0.25) is 0 Å². The highest BCUT2D eigenvalue weighted by molar-refractivity contribution is 5.68. The van der Waals surface area contributed by atoms with Gasteiger partial charge in [-0.25, -0.2) is 4.79 Å². The summed E-state index contributed by atoms with van der Waals surface area (Å²) in [6.07, 6.45) is 8.23. The first-order valence-electron chi connectivity index (χ1n) is 11.4. The lowest BCUT2D eigenvalue weighted by Gasteiger charge is -2.41. The third-order valence-corrected chi connectivity index (χ3v) is 7.19. The smallest absolute Gasteiger partial charge is 0.410 e. The average Bonchev–Trinajstić information content (AvgIpc) is 3.32. The van der Waals surface area contributed by atoms with Crippen LogP contribution in [0.3, 0.4) is 0 Å². The molecule has 0 N–H and O–H groups in total. The third-order valence-electron chi connectivity index (χ3n) is 7.19. The Morgan fingerprint density at radius 2 is 1.54 bits per heavy atom. The predicted molar refractivity (Wildman–Crippen MR) is 110 cm³/mol. The van der Waals surface area contributed by atoms with Gasteiger partial charge in [-0.15, -0.1) is 0 Å². The van der Waals surface area contributed by atoms with E-state index in [-0.39, 0.29) is 11.7 Å². The van der Waals surface area contributed by atoms with Crippen molar-refractivity contribution >= 4 is 6.09 Å². The minimum atomic E-state index is -0.428. The maximum Gasteiger partial charge on any atom is 0.410 e. The number of hydrogen-bond acceptors (Lipinski definition) is 5. The lowest BCUT2D eigenvalue weighted by molar-refractivity contribution is -0.0489. The SMILES string of the molecule is CC(C)(C)OC(=O)N1CCC2(CC1)C[C@H](N1CCC(N3CCCC3)CC1)CO2. The van der Waals surface area contributed by atoms with Gasteiger partial charge >= 0.3 is 6.09 Å². The van der Waals surface area contributed by atoms with Crippen molar-refractivity contribution in [1.82, 2.24) is 14.7 Å².